The minimum Gasteiger partial charge on any atom is -0.489 e. The third-order valence-electron chi connectivity index (χ3n) is 4.00. The molecule has 1 N–H and O–H groups in total. The van der Waals surface area contributed by atoms with Crippen LogP contribution in [0.5, 0.6) is 5.75 Å². The number of halogens is 1. The molecule has 2 atom stereocenters. The first-order valence-corrected chi connectivity index (χ1v) is 9.47. The number of esters is 1. The van der Waals surface area contributed by atoms with E-state index in [4.69, 9.17) is 14.2 Å². The fourth-order valence-electron chi connectivity index (χ4n) is 2.84. The highest BCUT2D eigenvalue weighted by Gasteiger charge is 2.29. The van der Waals surface area contributed by atoms with Gasteiger partial charge in [-0.15, -0.1) is 0 Å². The monoisotopic (exact) mass is 427 g/mol. The zero-order valence-electron chi connectivity index (χ0n) is 15.6. The molecule has 1 aliphatic carbocycles. The number of methoxy groups -OCH3 is 1. The van der Waals surface area contributed by atoms with Crippen molar-refractivity contribution in [2.75, 3.05) is 7.11 Å². The molecular weight excluding hydrogens is 402 g/mol. The molecule has 0 bridgehead atoms. The summed E-state index contributed by atoms with van der Waals surface area (Å²) in [6.07, 6.45) is 2.18. The number of hydrogen-bond donors (Lipinski definition) is 1. The summed E-state index contributed by atoms with van der Waals surface area (Å²) < 4.78 is 16.9. The molecule has 7 heteroatoms. The van der Waals surface area contributed by atoms with Gasteiger partial charge in [-0.3, -0.25) is 4.79 Å². The van der Waals surface area contributed by atoms with Crippen LogP contribution in [0.2, 0.25) is 0 Å². The summed E-state index contributed by atoms with van der Waals surface area (Å²) in [7, 11) is 1.37. The zero-order chi connectivity index (χ0) is 19.3. The molecule has 2 rings (SSSR count). The van der Waals surface area contributed by atoms with Gasteiger partial charge in [0.2, 0.25) is 0 Å². The Balaban J connectivity index is 1.91. The maximum absolute atomic E-state index is 11.9. The van der Waals surface area contributed by atoms with Crippen molar-refractivity contribution in [2.45, 2.75) is 64.2 Å². The van der Waals surface area contributed by atoms with Crippen molar-refractivity contribution in [1.29, 1.82) is 0 Å². The maximum Gasteiger partial charge on any atom is 0.407 e. The molecule has 0 heterocycles. The van der Waals surface area contributed by atoms with E-state index in [2.05, 4.69) is 21.2 Å². The van der Waals surface area contributed by atoms with Crippen molar-refractivity contribution >= 4 is 28.0 Å². The average Bonchev–Trinajstić information content (AvgIpc) is 2.96. The lowest BCUT2D eigenvalue weighted by molar-refractivity contribution is -0.139. The number of nitrogens with one attached hydrogen (secondary N) is 1. The number of alkyl carbamates (subject to hydrolysis) is 1. The molecule has 1 aliphatic rings. The number of hydrogen-bond acceptors (Lipinski definition) is 5. The Morgan fingerprint density at radius 2 is 2.00 bits per heavy atom. The standard InChI is InChI=1S/C19H26BrNO5/c1-19(2,3)26-18(23)21-13-8-9-14(11-13)25-15-7-5-6-12(17(15)20)10-16(22)24-4/h5-7,13-14H,8-11H2,1-4H3,(H,21,23)/t13-,14-/m1/s1. The fourth-order valence-corrected chi connectivity index (χ4v) is 3.34. The molecule has 1 saturated carbocycles. The molecule has 0 spiro atoms. The van der Waals surface area contributed by atoms with Crippen LogP contribution >= 0.6 is 15.9 Å². The number of rotatable bonds is 5. The number of amides is 1. The van der Waals surface area contributed by atoms with Gasteiger partial charge >= 0.3 is 12.1 Å². The van der Waals surface area contributed by atoms with Gasteiger partial charge in [-0.25, -0.2) is 4.79 Å². The molecule has 0 saturated heterocycles. The van der Waals surface area contributed by atoms with Gasteiger partial charge in [0, 0.05) is 12.5 Å². The van der Waals surface area contributed by atoms with Crippen LogP contribution in [0.25, 0.3) is 0 Å². The fraction of sp³-hybridized carbons (Fsp3) is 0.579. The van der Waals surface area contributed by atoms with Crippen LogP contribution in [0, 0.1) is 0 Å². The van der Waals surface area contributed by atoms with Gasteiger partial charge in [0.15, 0.2) is 0 Å². The van der Waals surface area contributed by atoms with Crippen molar-refractivity contribution in [2.24, 2.45) is 0 Å². The number of carbonyl (C=O) groups excluding carboxylic acids is 2. The highest BCUT2D eigenvalue weighted by Crippen LogP contribution is 2.33. The molecule has 1 amide bonds. The van der Waals surface area contributed by atoms with Gasteiger partial charge < -0.3 is 19.5 Å². The van der Waals surface area contributed by atoms with Crippen molar-refractivity contribution in [3.05, 3.63) is 28.2 Å². The van der Waals surface area contributed by atoms with Crippen molar-refractivity contribution in [3.8, 4) is 5.75 Å². The summed E-state index contributed by atoms with van der Waals surface area (Å²) in [5.74, 6) is 0.389. The summed E-state index contributed by atoms with van der Waals surface area (Å²) >= 11 is 3.51. The summed E-state index contributed by atoms with van der Waals surface area (Å²) in [6.45, 7) is 5.52. The quantitative estimate of drug-likeness (QED) is 0.718. The van der Waals surface area contributed by atoms with Crippen LogP contribution in [0.1, 0.15) is 45.6 Å². The highest BCUT2D eigenvalue weighted by atomic mass is 79.9. The van der Waals surface area contributed by atoms with Crippen molar-refractivity contribution in [3.63, 3.8) is 0 Å². The van der Waals surface area contributed by atoms with E-state index in [9.17, 15) is 9.59 Å². The highest BCUT2D eigenvalue weighted by molar-refractivity contribution is 9.10. The molecule has 1 aromatic carbocycles. The molecule has 1 aromatic rings. The second-order valence-electron chi connectivity index (χ2n) is 7.38. The lowest BCUT2D eigenvalue weighted by atomic mass is 10.1. The van der Waals surface area contributed by atoms with Gasteiger partial charge in [0.05, 0.1) is 18.0 Å². The maximum atomic E-state index is 11.9. The van der Waals surface area contributed by atoms with E-state index in [1.54, 1.807) is 0 Å². The van der Waals surface area contributed by atoms with E-state index in [0.29, 0.717) is 12.2 Å². The Morgan fingerprint density at radius 3 is 2.65 bits per heavy atom. The largest absolute Gasteiger partial charge is 0.489 e. The topological polar surface area (TPSA) is 73.9 Å². The van der Waals surface area contributed by atoms with Gasteiger partial charge in [-0.2, -0.15) is 0 Å². The summed E-state index contributed by atoms with van der Waals surface area (Å²) in [5.41, 5.74) is 0.305. The Morgan fingerprint density at radius 1 is 1.27 bits per heavy atom. The first-order valence-electron chi connectivity index (χ1n) is 8.68. The Kier molecular flexibility index (Phi) is 6.92. The summed E-state index contributed by atoms with van der Waals surface area (Å²) in [4.78, 5) is 23.4. The molecule has 26 heavy (non-hydrogen) atoms. The van der Waals surface area contributed by atoms with Crippen LogP contribution in [-0.4, -0.2) is 36.9 Å². The Labute approximate surface area is 162 Å². The predicted octanol–water partition coefficient (Wildman–Crippen LogP) is 3.99. The minimum atomic E-state index is -0.510. The van der Waals surface area contributed by atoms with E-state index in [1.165, 1.54) is 7.11 Å². The zero-order valence-corrected chi connectivity index (χ0v) is 17.2. The summed E-state index contributed by atoms with van der Waals surface area (Å²) in [5, 5.41) is 2.90. The predicted molar refractivity (Wildman–Crippen MR) is 101 cm³/mol. The normalized spacial score (nSPS) is 19.7. The second-order valence-corrected chi connectivity index (χ2v) is 8.17. The van der Waals surface area contributed by atoms with Gasteiger partial charge in [0.1, 0.15) is 17.5 Å². The molecule has 0 unspecified atom stereocenters. The van der Waals surface area contributed by atoms with Gasteiger partial charge in [-0.1, -0.05) is 12.1 Å². The molecule has 144 valence electrons. The Hall–Kier alpha value is -1.76. The van der Waals surface area contributed by atoms with Crippen molar-refractivity contribution in [1.82, 2.24) is 5.32 Å². The van der Waals surface area contributed by atoms with Crippen LogP contribution in [0.4, 0.5) is 4.79 Å². The van der Waals surface area contributed by atoms with Crippen LogP contribution in [0.3, 0.4) is 0 Å². The molecule has 0 aromatic heterocycles. The number of carbonyl (C=O) groups is 2. The van der Waals surface area contributed by atoms with Crippen LogP contribution < -0.4 is 10.1 Å². The lowest BCUT2D eigenvalue weighted by Crippen LogP contribution is -2.38. The first kappa shape index (κ1) is 20.6. The Bertz CT molecular complexity index is 656. The van der Waals surface area contributed by atoms with Gasteiger partial charge in [-0.05, 0) is 61.2 Å². The third-order valence-corrected chi connectivity index (χ3v) is 4.90. The van der Waals surface area contributed by atoms with E-state index in [-0.39, 0.29) is 24.5 Å². The summed E-state index contributed by atoms with van der Waals surface area (Å²) in [6, 6.07) is 5.60. The van der Waals surface area contributed by atoms with E-state index < -0.39 is 11.7 Å². The first-order chi connectivity index (χ1) is 12.2. The average molecular weight is 428 g/mol. The van der Waals surface area contributed by atoms with Crippen molar-refractivity contribution < 1.29 is 23.8 Å². The number of benzene rings is 1. The van der Waals surface area contributed by atoms with E-state index in [1.807, 2.05) is 39.0 Å². The molecular formula is C19H26BrNO5. The SMILES string of the molecule is COC(=O)Cc1cccc(O[C@@H]2CC[C@@H](NC(=O)OC(C)(C)C)C2)c1Br. The second kappa shape index (κ2) is 8.75. The smallest absolute Gasteiger partial charge is 0.407 e. The molecule has 0 aliphatic heterocycles. The lowest BCUT2D eigenvalue weighted by Gasteiger charge is -2.22. The van der Waals surface area contributed by atoms with E-state index >= 15 is 0 Å². The third kappa shape index (κ3) is 6.20. The number of ether oxygens (including phenoxy) is 3. The van der Waals surface area contributed by atoms with Crippen LogP contribution in [-0.2, 0) is 20.7 Å². The van der Waals surface area contributed by atoms with Gasteiger partial charge in [0.25, 0.3) is 0 Å². The molecule has 6 nitrogen and oxygen atoms in total. The minimum absolute atomic E-state index is 0.000358. The molecule has 0 radical (unpaired) electrons. The van der Waals surface area contributed by atoms with E-state index in [0.717, 1.165) is 22.9 Å². The van der Waals surface area contributed by atoms with Crippen LogP contribution in [0.15, 0.2) is 22.7 Å². The molecule has 1 fully saturated rings.